The number of carbonyl (C=O) groups excluding carboxylic acids is 2. The zero-order valence-corrected chi connectivity index (χ0v) is 10.9. The lowest BCUT2D eigenvalue weighted by atomic mass is 10.1. The number of rotatable bonds is 7. The van der Waals surface area contributed by atoms with Crippen LogP contribution in [-0.2, 0) is 14.3 Å². The molecule has 18 heavy (non-hydrogen) atoms. The van der Waals surface area contributed by atoms with Gasteiger partial charge in [0.15, 0.2) is 0 Å². The molecule has 0 aromatic heterocycles. The van der Waals surface area contributed by atoms with Crippen LogP contribution in [0, 0.1) is 5.92 Å². The second-order valence-corrected chi connectivity index (χ2v) is 5.00. The van der Waals surface area contributed by atoms with Gasteiger partial charge in [-0.05, 0) is 12.3 Å². The van der Waals surface area contributed by atoms with E-state index in [0.717, 1.165) is 0 Å². The molecule has 6 heteroatoms. The second-order valence-electron chi connectivity index (χ2n) is 5.00. The van der Waals surface area contributed by atoms with Crippen molar-refractivity contribution in [2.75, 3.05) is 19.8 Å². The SMILES string of the molecule is CC(C)COCC(O)CNC1CCC(=O)NC1=O. The van der Waals surface area contributed by atoms with E-state index in [2.05, 4.69) is 10.6 Å². The van der Waals surface area contributed by atoms with Crippen LogP contribution in [0.15, 0.2) is 0 Å². The van der Waals surface area contributed by atoms with Crippen LogP contribution in [0.4, 0.5) is 0 Å². The fourth-order valence-corrected chi connectivity index (χ4v) is 1.67. The second kappa shape index (κ2) is 7.45. The molecule has 2 unspecified atom stereocenters. The summed E-state index contributed by atoms with van der Waals surface area (Å²) in [6.45, 7) is 5.21. The number of amides is 2. The van der Waals surface area contributed by atoms with Gasteiger partial charge in [-0.3, -0.25) is 14.9 Å². The molecule has 0 bridgehead atoms. The average Bonchev–Trinajstić information content (AvgIpc) is 2.27. The quantitative estimate of drug-likeness (QED) is 0.532. The molecular formula is C12H22N2O4. The number of hydrogen-bond donors (Lipinski definition) is 3. The van der Waals surface area contributed by atoms with Gasteiger partial charge in [0.25, 0.3) is 0 Å². The molecule has 1 saturated heterocycles. The molecule has 6 nitrogen and oxygen atoms in total. The molecule has 1 aliphatic heterocycles. The zero-order chi connectivity index (χ0) is 13.5. The molecular weight excluding hydrogens is 236 g/mol. The van der Waals surface area contributed by atoms with E-state index in [9.17, 15) is 14.7 Å². The summed E-state index contributed by atoms with van der Waals surface area (Å²) in [7, 11) is 0. The van der Waals surface area contributed by atoms with Crippen molar-refractivity contribution in [3.8, 4) is 0 Å². The Kier molecular flexibility index (Phi) is 6.24. The average molecular weight is 258 g/mol. The first-order valence-corrected chi connectivity index (χ1v) is 6.32. The van der Waals surface area contributed by atoms with Crippen LogP contribution in [-0.4, -0.2) is 48.8 Å². The van der Waals surface area contributed by atoms with Crippen molar-refractivity contribution in [3.05, 3.63) is 0 Å². The normalized spacial score (nSPS) is 22.1. The largest absolute Gasteiger partial charge is 0.389 e. The number of piperidine rings is 1. The molecule has 0 saturated carbocycles. The summed E-state index contributed by atoms with van der Waals surface area (Å²) >= 11 is 0. The third kappa shape index (κ3) is 5.57. The maximum Gasteiger partial charge on any atom is 0.243 e. The Balaban J connectivity index is 2.16. The fraction of sp³-hybridized carbons (Fsp3) is 0.833. The van der Waals surface area contributed by atoms with E-state index >= 15 is 0 Å². The molecule has 2 atom stereocenters. The highest BCUT2D eigenvalue weighted by molar-refractivity contribution is 6.00. The third-order valence-electron chi connectivity index (χ3n) is 2.60. The van der Waals surface area contributed by atoms with Gasteiger partial charge in [0, 0.05) is 19.6 Å². The van der Waals surface area contributed by atoms with Crippen molar-refractivity contribution in [3.63, 3.8) is 0 Å². The Bertz CT molecular complexity index is 294. The van der Waals surface area contributed by atoms with Gasteiger partial charge in [-0.2, -0.15) is 0 Å². The lowest BCUT2D eigenvalue weighted by Gasteiger charge is -2.23. The van der Waals surface area contributed by atoms with Gasteiger partial charge in [0.2, 0.25) is 11.8 Å². The van der Waals surface area contributed by atoms with Gasteiger partial charge in [-0.25, -0.2) is 0 Å². The smallest absolute Gasteiger partial charge is 0.243 e. The maximum atomic E-state index is 11.4. The van der Waals surface area contributed by atoms with E-state index in [1.807, 2.05) is 13.8 Å². The molecule has 104 valence electrons. The lowest BCUT2D eigenvalue weighted by molar-refractivity contribution is -0.134. The molecule has 1 rings (SSSR count). The Morgan fingerprint density at radius 2 is 2.17 bits per heavy atom. The molecule has 1 fully saturated rings. The molecule has 0 spiro atoms. The minimum Gasteiger partial charge on any atom is -0.389 e. The topological polar surface area (TPSA) is 87.7 Å². The van der Waals surface area contributed by atoms with Gasteiger partial charge < -0.3 is 15.2 Å². The molecule has 3 N–H and O–H groups in total. The summed E-state index contributed by atoms with van der Waals surface area (Å²) in [5, 5.41) is 14.8. The lowest BCUT2D eigenvalue weighted by Crippen LogP contribution is -2.52. The monoisotopic (exact) mass is 258 g/mol. The molecule has 2 amide bonds. The van der Waals surface area contributed by atoms with Gasteiger partial charge >= 0.3 is 0 Å². The summed E-state index contributed by atoms with van der Waals surface area (Å²) in [5.74, 6) is -0.124. The Morgan fingerprint density at radius 3 is 2.78 bits per heavy atom. The zero-order valence-electron chi connectivity index (χ0n) is 10.9. The van der Waals surface area contributed by atoms with E-state index in [1.165, 1.54) is 0 Å². The third-order valence-corrected chi connectivity index (χ3v) is 2.60. The van der Waals surface area contributed by atoms with Crippen LogP contribution in [0.2, 0.25) is 0 Å². The number of imide groups is 1. The molecule has 0 aromatic rings. The Labute approximate surface area is 107 Å². The molecule has 0 radical (unpaired) electrons. The van der Waals surface area contributed by atoms with Crippen LogP contribution in [0.5, 0.6) is 0 Å². The number of aliphatic hydroxyl groups excluding tert-OH is 1. The summed E-state index contributed by atoms with van der Waals surface area (Å²) in [6.07, 6.45) is 0.169. The van der Waals surface area contributed by atoms with Crippen molar-refractivity contribution in [2.24, 2.45) is 5.92 Å². The van der Waals surface area contributed by atoms with Crippen LogP contribution in [0.3, 0.4) is 0 Å². The Hall–Kier alpha value is -0.980. The van der Waals surface area contributed by atoms with E-state index in [1.54, 1.807) is 0 Å². The van der Waals surface area contributed by atoms with Crippen molar-refractivity contribution in [1.82, 2.24) is 10.6 Å². The van der Waals surface area contributed by atoms with Crippen LogP contribution in [0.25, 0.3) is 0 Å². The molecule has 1 heterocycles. The standard InChI is InChI=1S/C12H22N2O4/c1-8(2)6-18-7-9(15)5-13-10-3-4-11(16)14-12(10)17/h8-10,13,15H,3-7H2,1-2H3,(H,14,16,17). The number of carbonyl (C=O) groups is 2. The van der Waals surface area contributed by atoms with Crippen LogP contribution in [0.1, 0.15) is 26.7 Å². The minimum atomic E-state index is -0.644. The molecule has 0 aliphatic carbocycles. The van der Waals surface area contributed by atoms with Crippen molar-refractivity contribution >= 4 is 11.8 Å². The molecule has 1 aliphatic rings. The predicted octanol–water partition coefficient (Wildman–Crippen LogP) is -0.585. The van der Waals surface area contributed by atoms with Gasteiger partial charge in [-0.1, -0.05) is 13.8 Å². The van der Waals surface area contributed by atoms with Crippen LogP contribution < -0.4 is 10.6 Å². The van der Waals surface area contributed by atoms with Gasteiger partial charge in [0.05, 0.1) is 18.8 Å². The minimum absolute atomic E-state index is 0.237. The first kappa shape index (κ1) is 15.1. The van der Waals surface area contributed by atoms with E-state index in [-0.39, 0.29) is 25.0 Å². The highest BCUT2D eigenvalue weighted by Crippen LogP contribution is 2.04. The summed E-state index contributed by atoms with van der Waals surface area (Å²) in [6, 6.07) is -0.401. The summed E-state index contributed by atoms with van der Waals surface area (Å²) in [4.78, 5) is 22.3. The van der Waals surface area contributed by atoms with Crippen molar-refractivity contribution in [1.29, 1.82) is 0 Å². The number of nitrogens with one attached hydrogen (secondary N) is 2. The van der Waals surface area contributed by atoms with E-state index < -0.39 is 12.1 Å². The first-order valence-electron chi connectivity index (χ1n) is 6.32. The summed E-state index contributed by atoms with van der Waals surface area (Å²) < 4.78 is 5.30. The number of hydrogen-bond acceptors (Lipinski definition) is 5. The molecule has 0 aromatic carbocycles. The maximum absolute atomic E-state index is 11.4. The fourth-order valence-electron chi connectivity index (χ4n) is 1.67. The summed E-state index contributed by atoms with van der Waals surface area (Å²) in [5.41, 5.74) is 0. The van der Waals surface area contributed by atoms with Gasteiger partial charge in [0.1, 0.15) is 0 Å². The van der Waals surface area contributed by atoms with E-state index in [4.69, 9.17) is 4.74 Å². The highest BCUT2D eigenvalue weighted by Gasteiger charge is 2.26. The first-order chi connectivity index (χ1) is 8.49. The van der Waals surface area contributed by atoms with Gasteiger partial charge in [-0.15, -0.1) is 0 Å². The van der Waals surface area contributed by atoms with E-state index in [0.29, 0.717) is 25.4 Å². The van der Waals surface area contributed by atoms with Crippen molar-refractivity contribution in [2.45, 2.75) is 38.8 Å². The van der Waals surface area contributed by atoms with Crippen molar-refractivity contribution < 1.29 is 19.4 Å². The predicted molar refractivity (Wildman–Crippen MR) is 65.8 cm³/mol. The number of ether oxygens (including phenoxy) is 1. The number of aliphatic hydroxyl groups is 1. The Morgan fingerprint density at radius 1 is 1.44 bits per heavy atom. The highest BCUT2D eigenvalue weighted by atomic mass is 16.5. The van der Waals surface area contributed by atoms with Crippen LogP contribution >= 0.6 is 0 Å².